The number of nitrogens with one attached hydrogen (secondary N) is 2. The average Bonchev–Trinajstić information content (AvgIpc) is 3.38. The van der Waals surface area contributed by atoms with Crippen molar-refractivity contribution in [3.8, 4) is 5.69 Å². The summed E-state index contributed by atoms with van der Waals surface area (Å²) in [5.74, 6) is 2.43. The van der Waals surface area contributed by atoms with Crippen LogP contribution in [0.15, 0.2) is 47.7 Å². The summed E-state index contributed by atoms with van der Waals surface area (Å²) in [5.41, 5.74) is 2.29. The Balaban J connectivity index is 1.54. The first kappa shape index (κ1) is 20.5. The number of ether oxygens (including phenoxy) is 1. The maximum absolute atomic E-state index is 5.11. The molecule has 0 aliphatic carbocycles. The summed E-state index contributed by atoms with van der Waals surface area (Å²) >= 11 is 0. The van der Waals surface area contributed by atoms with Gasteiger partial charge in [0.15, 0.2) is 11.8 Å². The molecule has 0 saturated carbocycles. The molecule has 2 heterocycles. The minimum Gasteiger partial charge on any atom is -0.383 e. The molecule has 1 aromatic carbocycles. The van der Waals surface area contributed by atoms with Crippen molar-refractivity contribution in [2.24, 2.45) is 12.0 Å². The minimum absolute atomic E-state index is 0.457. The third-order valence-electron chi connectivity index (χ3n) is 4.57. The smallest absolute Gasteiger partial charge is 0.191 e. The molecular formula is C20H28N8O. The maximum Gasteiger partial charge on any atom is 0.191 e. The van der Waals surface area contributed by atoms with Gasteiger partial charge < -0.3 is 19.9 Å². The van der Waals surface area contributed by atoms with E-state index in [0.29, 0.717) is 19.7 Å². The Morgan fingerprint density at radius 3 is 2.59 bits per heavy atom. The molecule has 29 heavy (non-hydrogen) atoms. The van der Waals surface area contributed by atoms with Crippen LogP contribution >= 0.6 is 0 Å². The number of hydrogen-bond acceptors (Lipinski definition) is 5. The predicted molar refractivity (Wildman–Crippen MR) is 112 cm³/mol. The van der Waals surface area contributed by atoms with E-state index in [4.69, 9.17) is 4.74 Å². The van der Waals surface area contributed by atoms with Gasteiger partial charge in [-0.2, -0.15) is 5.10 Å². The number of guanidine groups is 1. The van der Waals surface area contributed by atoms with Gasteiger partial charge >= 0.3 is 0 Å². The van der Waals surface area contributed by atoms with Crippen LogP contribution in [0.4, 0.5) is 0 Å². The van der Waals surface area contributed by atoms with E-state index in [2.05, 4.69) is 55.2 Å². The second-order valence-corrected chi connectivity index (χ2v) is 6.60. The molecule has 0 aliphatic heterocycles. The lowest BCUT2D eigenvalue weighted by Crippen LogP contribution is -2.40. The monoisotopic (exact) mass is 396 g/mol. The molecule has 2 aromatic heterocycles. The summed E-state index contributed by atoms with van der Waals surface area (Å²) in [4.78, 5) is 4.62. The van der Waals surface area contributed by atoms with Crippen molar-refractivity contribution in [2.75, 3.05) is 26.8 Å². The SMILES string of the molecule is COCCNC(=NCc1nnc(C)n1C)NCCc1ccc(-n2cccn2)cc1. The van der Waals surface area contributed by atoms with Gasteiger partial charge in [-0.15, -0.1) is 10.2 Å². The number of aliphatic imine (C=N–C) groups is 1. The molecule has 3 aromatic rings. The first-order valence-electron chi connectivity index (χ1n) is 9.62. The Morgan fingerprint density at radius 2 is 1.93 bits per heavy atom. The highest BCUT2D eigenvalue weighted by Crippen LogP contribution is 2.08. The van der Waals surface area contributed by atoms with Gasteiger partial charge in [-0.05, 0) is 37.1 Å². The normalized spacial score (nSPS) is 11.6. The molecule has 0 atom stereocenters. The molecule has 9 nitrogen and oxygen atoms in total. The van der Waals surface area contributed by atoms with E-state index in [1.54, 1.807) is 13.3 Å². The second-order valence-electron chi connectivity index (χ2n) is 6.60. The van der Waals surface area contributed by atoms with Crippen LogP contribution in [0.3, 0.4) is 0 Å². The summed E-state index contributed by atoms with van der Waals surface area (Å²) in [5, 5.41) is 19.1. The summed E-state index contributed by atoms with van der Waals surface area (Å²) in [6.45, 7) is 4.43. The summed E-state index contributed by atoms with van der Waals surface area (Å²) in [6.07, 6.45) is 4.59. The van der Waals surface area contributed by atoms with Gasteiger partial charge in [0.2, 0.25) is 0 Å². The van der Waals surface area contributed by atoms with Crippen LogP contribution in [0.2, 0.25) is 0 Å². The number of aromatic nitrogens is 5. The van der Waals surface area contributed by atoms with Crippen molar-refractivity contribution < 1.29 is 4.74 Å². The zero-order valence-corrected chi connectivity index (χ0v) is 17.2. The molecular weight excluding hydrogens is 368 g/mol. The first-order chi connectivity index (χ1) is 14.2. The van der Waals surface area contributed by atoms with Crippen molar-refractivity contribution in [3.63, 3.8) is 0 Å². The Hall–Kier alpha value is -3.20. The van der Waals surface area contributed by atoms with E-state index in [1.165, 1.54) is 5.56 Å². The number of benzene rings is 1. The van der Waals surface area contributed by atoms with E-state index in [1.807, 2.05) is 35.5 Å². The van der Waals surface area contributed by atoms with Gasteiger partial charge in [0.1, 0.15) is 12.4 Å². The molecule has 2 N–H and O–H groups in total. The summed E-state index contributed by atoms with van der Waals surface area (Å²) < 4.78 is 8.90. The fourth-order valence-electron chi connectivity index (χ4n) is 2.75. The van der Waals surface area contributed by atoms with Gasteiger partial charge in [-0.3, -0.25) is 0 Å². The Morgan fingerprint density at radius 1 is 1.14 bits per heavy atom. The zero-order chi connectivity index (χ0) is 20.5. The minimum atomic E-state index is 0.457. The molecule has 3 rings (SSSR count). The molecule has 0 spiro atoms. The van der Waals surface area contributed by atoms with E-state index in [-0.39, 0.29) is 0 Å². The highest BCUT2D eigenvalue weighted by atomic mass is 16.5. The van der Waals surface area contributed by atoms with Crippen LogP contribution in [-0.4, -0.2) is 57.3 Å². The maximum atomic E-state index is 5.11. The van der Waals surface area contributed by atoms with Crippen LogP contribution in [-0.2, 0) is 24.8 Å². The lowest BCUT2D eigenvalue weighted by Gasteiger charge is -2.12. The lowest BCUT2D eigenvalue weighted by atomic mass is 10.1. The molecule has 0 saturated heterocycles. The molecule has 0 bridgehead atoms. The van der Waals surface area contributed by atoms with Crippen LogP contribution < -0.4 is 10.6 Å². The fourth-order valence-corrected chi connectivity index (χ4v) is 2.75. The van der Waals surface area contributed by atoms with E-state index >= 15 is 0 Å². The molecule has 9 heteroatoms. The number of nitrogens with zero attached hydrogens (tertiary/aromatic N) is 6. The van der Waals surface area contributed by atoms with Crippen LogP contribution in [0, 0.1) is 6.92 Å². The Bertz CT molecular complexity index is 899. The number of hydrogen-bond donors (Lipinski definition) is 2. The number of methoxy groups -OCH3 is 1. The van der Waals surface area contributed by atoms with Gasteiger partial charge in [0.05, 0.1) is 12.3 Å². The molecule has 0 amide bonds. The van der Waals surface area contributed by atoms with E-state index in [9.17, 15) is 0 Å². The van der Waals surface area contributed by atoms with Crippen LogP contribution in [0.5, 0.6) is 0 Å². The van der Waals surface area contributed by atoms with E-state index in [0.717, 1.165) is 36.3 Å². The van der Waals surface area contributed by atoms with E-state index < -0.39 is 0 Å². The lowest BCUT2D eigenvalue weighted by molar-refractivity contribution is 0.203. The third kappa shape index (κ3) is 5.89. The van der Waals surface area contributed by atoms with Crippen LogP contribution in [0.25, 0.3) is 5.69 Å². The van der Waals surface area contributed by atoms with Crippen LogP contribution in [0.1, 0.15) is 17.2 Å². The third-order valence-corrected chi connectivity index (χ3v) is 4.57. The van der Waals surface area contributed by atoms with Crippen molar-refractivity contribution in [1.82, 2.24) is 35.2 Å². The molecule has 0 fully saturated rings. The molecule has 154 valence electrons. The molecule has 0 unspecified atom stereocenters. The van der Waals surface area contributed by atoms with Crippen molar-refractivity contribution in [2.45, 2.75) is 19.9 Å². The molecule has 0 aliphatic rings. The van der Waals surface area contributed by atoms with Crippen molar-refractivity contribution in [1.29, 1.82) is 0 Å². The number of aryl methyl sites for hydroxylation is 1. The second kappa shape index (κ2) is 10.4. The van der Waals surface area contributed by atoms with Gasteiger partial charge in [-0.25, -0.2) is 9.67 Å². The average molecular weight is 396 g/mol. The highest BCUT2D eigenvalue weighted by Gasteiger charge is 2.05. The summed E-state index contributed by atoms with van der Waals surface area (Å²) in [7, 11) is 3.62. The molecule has 0 radical (unpaired) electrons. The van der Waals surface area contributed by atoms with Gasteiger partial charge in [0.25, 0.3) is 0 Å². The number of rotatable bonds is 9. The quantitative estimate of drug-likeness (QED) is 0.321. The van der Waals surface area contributed by atoms with Crippen molar-refractivity contribution in [3.05, 3.63) is 59.9 Å². The van der Waals surface area contributed by atoms with Crippen molar-refractivity contribution >= 4 is 5.96 Å². The zero-order valence-electron chi connectivity index (χ0n) is 17.2. The summed E-state index contributed by atoms with van der Waals surface area (Å²) in [6, 6.07) is 10.3. The first-order valence-corrected chi connectivity index (χ1v) is 9.62. The van der Waals surface area contributed by atoms with Gasteiger partial charge in [-0.1, -0.05) is 12.1 Å². The van der Waals surface area contributed by atoms with Gasteiger partial charge in [0, 0.05) is 39.6 Å². The fraction of sp³-hybridized carbons (Fsp3) is 0.400. The largest absolute Gasteiger partial charge is 0.383 e. The Kier molecular flexibility index (Phi) is 7.34. The highest BCUT2D eigenvalue weighted by molar-refractivity contribution is 5.79. The Labute approximate surface area is 170 Å². The standard InChI is InChI=1S/C20H28N8O/c1-16-25-26-19(27(16)2)15-23-20(22-12-14-29-3)21-11-9-17-5-7-18(8-6-17)28-13-4-10-24-28/h4-8,10,13H,9,11-12,14-15H2,1-3H3,(H2,21,22,23). The topological polar surface area (TPSA) is 94.2 Å². The predicted octanol–water partition coefficient (Wildman–Crippen LogP) is 1.23.